The number of ether oxygens (including phenoxy) is 1. The number of hydrogen-bond acceptors (Lipinski definition) is 7. The van der Waals surface area contributed by atoms with Crippen molar-refractivity contribution in [3.05, 3.63) is 106 Å². The molecule has 4 atom stereocenters. The number of non-ortho nitro benzene ring substituents is 1. The first-order valence-corrected chi connectivity index (χ1v) is 14.7. The van der Waals surface area contributed by atoms with Crippen molar-refractivity contribution in [2.75, 3.05) is 33.3 Å². The molecule has 10 nitrogen and oxygen atoms in total. The lowest BCUT2D eigenvalue weighted by atomic mass is 9.76. The van der Waals surface area contributed by atoms with E-state index >= 15 is 0 Å². The molecule has 3 aromatic carbocycles. The van der Waals surface area contributed by atoms with Gasteiger partial charge in [0.1, 0.15) is 11.8 Å². The number of rotatable bonds is 8. The third kappa shape index (κ3) is 5.50. The Morgan fingerprint density at radius 1 is 0.860 bits per heavy atom. The number of nitrogens with zero attached hydrogens (tertiary/aromatic N) is 3. The Balaban J connectivity index is 1.57. The predicted molar refractivity (Wildman–Crippen MR) is 159 cm³/mol. The largest absolute Gasteiger partial charge is 0.497 e. The van der Waals surface area contributed by atoms with Crippen LogP contribution in [0.1, 0.15) is 46.3 Å². The molecule has 0 aromatic heterocycles. The Hall–Kier alpha value is -4.57. The predicted octanol–water partition coefficient (Wildman–Crippen LogP) is 3.98. The maximum atomic E-state index is 14.6. The highest BCUT2D eigenvalue weighted by Crippen LogP contribution is 2.53. The fourth-order valence-corrected chi connectivity index (χ4v) is 6.55. The number of piperazine rings is 1. The Kier molecular flexibility index (Phi) is 7.94. The van der Waals surface area contributed by atoms with Crippen LogP contribution in [0.4, 0.5) is 5.69 Å². The summed E-state index contributed by atoms with van der Waals surface area (Å²) in [5.74, 6) is -1.66. The summed E-state index contributed by atoms with van der Waals surface area (Å²) in [7, 11) is 1.57. The van der Waals surface area contributed by atoms with Crippen LogP contribution in [0.15, 0.2) is 78.9 Å². The van der Waals surface area contributed by atoms with Crippen LogP contribution in [0.5, 0.6) is 5.75 Å². The van der Waals surface area contributed by atoms with Gasteiger partial charge in [-0.1, -0.05) is 54.6 Å². The van der Waals surface area contributed by atoms with Gasteiger partial charge in [0, 0.05) is 55.7 Å². The average Bonchev–Trinajstić information content (AvgIpc) is 3.85. The van der Waals surface area contributed by atoms with E-state index in [9.17, 15) is 24.5 Å². The van der Waals surface area contributed by atoms with Gasteiger partial charge in [-0.15, -0.1) is 0 Å². The number of amides is 2. The van der Waals surface area contributed by atoms with Gasteiger partial charge in [0.05, 0.1) is 24.0 Å². The van der Waals surface area contributed by atoms with Crippen molar-refractivity contribution in [2.24, 2.45) is 11.8 Å². The average molecular weight is 583 g/mol. The minimum atomic E-state index is -0.961. The van der Waals surface area contributed by atoms with Crippen molar-refractivity contribution in [3.63, 3.8) is 0 Å². The zero-order valence-corrected chi connectivity index (χ0v) is 23.9. The summed E-state index contributed by atoms with van der Waals surface area (Å²) in [6.45, 7) is 2.23. The number of ketones is 1. The number of methoxy groups -OCH3 is 1. The smallest absolute Gasteiger partial charge is 0.269 e. The van der Waals surface area contributed by atoms with Gasteiger partial charge in [0.25, 0.3) is 5.69 Å². The molecule has 2 saturated heterocycles. The molecule has 3 aromatic rings. The number of benzene rings is 3. The first-order chi connectivity index (χ1) is 20.9. The molecular weight excluding hydrogens is 548 g/mol. The summed E-state index contributed by atoms with van der Waals surface area (Å²) in [6, 6.07) is 20.6. The summed E-state index contributed by atoms with van der Waals surface area (Å²) >= 11 is 0. The highest BCUT2D eigenvalue weighted by atomic mass is 16.6. The van der Waals surface area contributed by atoms with Gasteiger partial charge in [-0.3, -0.25) is 24.5 Å². The van der Waals surface area contributed by atoms with E-state index in [1.54, 1.807) is 65.4 Å². The molecule has 2 heterocycles. The summed E-state index contributed by atoms with van der Waals surface area (Å²) in [5.41, 5.74) is 1.73. The van der Waals surface area contributed by atoms with Crippen molar-refractivity contribution in [3.8, 4) is 5.75 Å². The number of likely N-dealkylation sites (tertiary alicyclic amines) is 1. The Morgan fingerprint density at radius 2 is 1.49 bits per heavy atom. The van der Waals surface area contributed by atoms with Gasteiger partial charge in [-0.25, -0.2) is 0 Å². The third-order valence-electron chi connectivity index (χ3n) is 8.84. The van der Waals surface area contributed by atoms with E-state index in [1.165, 1.54) is 12.1 Å². The minimum absolute atomic E-state index is 0.0877. The number of nitro groups is 1. The topological polar surface area (TPSA) is 122 Å². The highest BCUT2D eigenvalue weighted by molar-refractivity contribution is 6.02. The molecule has 10 heteroatoms. The van der Waals surface area contributed by atoms with E-state index < -0.39 is 28.8 Å². The number of nitrogens with one attached hydrogen (secondary N) is 1. The van der Waals surface area contributed by atoms with Crippen LogP contribution in [0.25, 0.3) is 0 Å². The molecular formula is C33H34N4O6. The standard InChI is InChI=1S/C33H34N4O6/c1-43-26-15-11-22(12-16-26)29-28(31(38)23-5-3-2-4-6-23)27(21-9-13-25(14-10-21)37(41)42)30(36(29)32(39)24-7-8-24)33(40)35-19-17-34-18-20-35/h2-6,9-16,24,27-30,34H,7-8,17-20H2,1H3. The Bertz CT molecular complexity index is 1500. The molecule has 0 spiro atoms. The molecule has 1 saturated carbocycles. The number of carbonyl (C=O) groups excluding carboxylic acids is 3. The monoisotopic (exact) mass is 582 g/mol. The van der Waals surface area contributed by atoms with Crippen LogP contribution in [0.3, 0.4) is 0 Å². The lowest BCUT2D eigenvalue weighted by molar-refractivity contribution is -0.384. The Labute approximate surface area is 249 Å². The number of carbonyl (C=O) groups is 3. The van der Waals surface area contributed by atoms with Crippen LogP contribution < -0.4 is 10.1 Å². The first kappa shape index (κ1) is 28.5. The quantitative estimate of drug-likeness (QED) is 0.242. The van der Waals surface area contributed by atoms with Gasteiger partial charge in [0.15, 0.2) is 5.78 Å². The fourth-order valence-electron chi connectivity index (χ4n) is 6.55. The lowest BCUT2D eigenvalue weighted by Crippen LogP contribution is -2.55. The van der Waals surface area contributed by atoms with Crippen molar-refractivity contribution in [1.82, 2.24) is 15.1 Å². The number of Topliss-reactive ketones (excluding diaryl/α,β-unsaturated/α-hetero) is 1. The van der Waals surface area contributed by atoms with Gasteiger partial charge in [0.2, 0.25) is 11.8 Å². The van der Waals surface area contributed by atoms with Gasteiger partial charge < -0.3 is 19.9 Å². The second-order valence-electron chi connectivity index (χ2n) is 11.4. The van der Waals surface area contributed by atoms with Gasteiger partial charge in [-0.05, 0) is 36.1 Å². The Morgan fingerprint density at radius 3 is 2.07 bits per heavy atom. The summed E-state index contributed by atoms with van der Waals surface area (Å²) in [6.07, 6.45) is 1.47. The molecule has 222 valence electrons. The van der Waals surface area contributed by atoms with Crippen LogP contribution in [-0.4, -0.2) is 71.7 Å². The van der Waals surface area contributed by atoms with Crippen LogP contribution in [-0.2, 0) is 9.59 Å². The van der Waals surface area contributed by atoms with Crippen molar-refractivity contribution >= 4 is 23.3 Å². The lowest BCUT2D eigenvalue weighted by Gasteiger charge is -2.36. The van der Waals surface area contributed by atoms with Crippen LogP contribution in [0.2, 0.25) is 0 Å². The van der Waals surface area contributed by atoms with E-state index in [0.29, 0.717) is 43.1 Å². The maximum absolute atomic E-state index is 14.6. The van der Waals surface area contributed by atoms with Crippen molar-refractivity contribution < 1.29 is 24.0 Å². The van der Waals surface area contributed by atoms with Crippen LogP contribution >= 0.6 is 0 Å². The molecule has 2 amide bonds. The summed E-state index contributed by atoms with van der Waals surface area (Å²) < 4.78 is 5.39. The number of nitro benzene ring substituents is 1. The zero-order chi connectivity index (χ0) is 30.1. The summed E-state index contributed by atoms with van der Waals surface area (Å²) in [5, 5.41) is 14.8. The normalized spacial score (nSPS) is 23.6. The van der Waals surface area contributed by atoms with E-state index in [0.717, 1.165) is 18.4 Å². The molecule has 6 rings (SSSR count). The van der Waals surface area contributed by atoms with Crippen LogP contribution in [0, 0.1) is 22.0 Å². The number of hydrogen-bond donors (Lipinski definition) is 1. The molecule has 1 N–H and O–H groups in total. The second kappa shape index (κ2) is 12.0. The molecule has 4 unspecified atom stereocenters. The molecule has 43 heavy (non-hydrogen) atoms. The van der Waals surface area contributed by atoms with E-state index in [4.69, 9.17) is 4.74 Å². The second-order valence-corrected chi connectivity index (χ2v) is 11.4. The third-order valence-corrected chi connectivity index (χ3v) is 8.84. The molecule has 3 aliphatic rings. The summed E-state index contributed by atoms with van der Waals surface area (Å²) in [4.78, 5) is 57.9. The SMILES string of the molecule is COc1ccc(C2C(C(=O)c3ccccc3)C(c3ccc([N+](=O)[O-])cc3)C(C(=O)N3CCNCC3)N2C(=O)C2CC2)cc1. The van der Waals surface area contributed by atoms with Gasteiger partial charge >= 0.3 is 0 Å². The van der Waals surface area contributed by atoms with E-state index in [1.807, 2.05) is 18.2 Å². The van der Waals surface area contributed by atoms with Crippen molar-refractivity contribution in [1.29, 1.82) is 0 Å². The molecule has 3 fully saturated rings. The zero-order valence-electron chi connectivity index (χ0n) is 23.9. The molecule has 0 radical (unpaired) electrons. The van der Waals surface area contributed by atoms with Crippen molar-refractivity contribution in [2.45, 2.75) is 30.8 Å². The van der Waals surface area contributed by atoms with E-state index in [-0.39, 0.29) is 29.2 Å². The van der Waals surface area contributed by atoms with Gasteiger partial charge in [-0.2, -0.15) is 0 Å². The minimum Gasteiger partial charge on any atom is -0.497 e. The molecule has 2 aliphatic heterocycles. The first-order valence-electron chi connectivity index (χ1n) is 14.7. The maximum Gasteiger partial charge on any atom is 0.269 e. The fraction of sp³-hybridized carbons (Fsp3) is 0.364. The molecule has 1 aliphatic carbocycles. The highest BCUT2D eigenvalue weighted by Gasteiger charge is 2.59. The molecule has 0 bridgehead atoms. The van der Waals surface area contributed by atoms with E-state index in [2.05, 4.69) is 5.32 Å².